The van der Waals surface area contributed by atoms with Crippen LogP contribution in [0.3, 0.4) is 0 Å². The Morgan fingerprint density at radius 3 is 2.71 bits per heavy atom. The predicted molar refractivity (Wildman–Crippen MR) is 77.8 cm³/mol. The van der Waals surface area contributed by atoms with Gasteiger partial charge < -0.3 is 15.2 Å². The zero-order valence-corrected chi connectivity index (χ0v) is 11.7. The van der Waals surface area contributed by atoms with Crippen molar-refractivity contribution in [3.8, 4) is 17.6 Å². The van der Waals surface area contributed by atoms with E-state index >= 15 is 0 Å². The molecule has 0 spiro atoms. The molecule has 2 aromatic rings. The number of rotatable bonds is 4. The van der Waals surface area contributed by atoms with Crippen molar-refractivity contribution in [2.75, 3.05) is 12.4 Å². The summed E-state index contributed by atoms with van der Waals surface area (Å²) in [4.78, 5) is 0. The summed E-state index contributed by atoms with van der Waals surface area (Å²) in [5.41, 5.74) is 1.35. The maximum absolute atomic E-state index is 13.1. The fourth-order valence-electron chi connectivity index (χ4n) is 2.05. The normalized spacial score (nSPS) is 11.5. The molecule has 2 aromatic carbocycles. The number of benzene rings is 2. The van der Waals surface area contributed by atoms with E-state index in [0.717, 1.165) is 0 Å². The molecule has 5 heteroatoms. The Morgan fingerprint density at radius 2 is 2.05 bits per heavy atom. The third-order valence-corrected chi connectivity index (χ3v) is 3.18. The first-order valence-corrected chi connectivity index (χ1v) is 6.38. The number of nitriles is 1. The monoisotopic (exact) mass is 286 g/mol. The first-order valence-electron chi connectivity index (χ1n) is 6.38. The smallest absolute Gasteiger partial charge is 0.124 e. The van der Waals surface area contributed by atoms with Gasteiger partial charge in [-0.2, -0.15) is 5.26 Å². The Kier molecular flexibility index (Phi) is 4.29. The van der Waals surface area contributed by atoms with E-state index in [2.05, 4.69) is 5.32 Å². The van der Waals surface area contributed by atoms with Gasteiger partial charge >= 0.3 is 0 Å². The molecule has 1 unspecified atom stereocenters. The molecule has 0 fully saturated rings. The second kappa shape index (κ2) is 6.14. The summed E-state index contributed by atoms with van der Waals surface area (Å²) >= 11 is 0. The molecule has 2 rings (SSSR count). The SMILES string of the molecule is COc1ccc(O)c(C(C)Nc2ccc(F)cc2C#N)c1. The molecule has 0 radical (unpaired) electrons. The molecule has 0 heterocycles. The minimum Gasteiger partial charge on any atom is -0.508 e. The van der Waals surface area contributed by atoms with Gasteiger partial charge in [-0.3, -0.25) is 0 Å². The lowest BCUT2D eigenvalue weighted by atomic mass is 10.1. The second-order valence-corrected chi connectivity index (χ2v) is 4.59. The Hall–Kier alpha value is -2.74. The Morgan fingerprint density at radius 1 is 1.29 bits per heavy atom. The minimum absolute atomic E-state index is 0.122. The third-order valence-electron chi connectivity index (χ3n) is 3.18. The average molecular weight is 286 g/mol. The van der Waals surface area contributed by atoms with Crippen molar-refractivity contribution in [2.24, 2.45) is 0 Å². The third kappa shape index (κ3) is 3.23. The molecule has 108 valence electrons. The van der Waals surface area contributed by atoms with Crippen molar-refractivity contribution in [2.45, 2.75) is 13.0 Å². The summed E-state index contributed by atoms with van der Waals surface area (Å²) < 4.78 is 18.3. The Labute approximate surface area is 122 Å². The number of phenolic OH excluding ortho intramolecular Hbond substituents is 1. The number of nitrogens with zero attached hydrogens (tertiary/aromatic N) is 1. The number of hydrogen-bond acceptors (Lipinski definition) is 4. The number of methoxy groups -OCH3 is 1. The van der Waals surface area contributed by atoms with Crippen molar-refractivity contribution in [3.63, 3.8) is 0 Å². The van der Waals surface area contributed by atoms with Gasteiger partial charge in [-0.05, 0) is 43.3 Å². The fourth-order valence-corrected chi connectivity index (χ4v) is 2.05. The number of phenols is 1. The van der Waals surface area contributed by atoms with Crippen LogP contribution in [0.2, 0.25) is 0 Å². The van der Waals surface area contributed by atoms with Gasteiger partial charge in [0.05, 0.1) is 24.4 Å². The molecule has 1 atom stereocenters. The highest BCUT2D eigenvalue weighted by atomic mass is 19.1. The van der Waals surface area contributed by atoms with Crippen molar-refractivity contribution in [3.05, 3.63) is 53.3 Å². The molecule has 0 aliphatic rings. The number of halogens is 1. The number of hydrogen-bond donors (Lipinski definition) is 2. The molecule has 0 saturated carbocycles. The van der Waals surface area contributed by atoms with E-state index in [1.54, 1.807) is 25.3 Å². The Balaban J connectivity index is 2.30. The summed E-state index contributed by atoms with van der Waals surface area (Å²) in [5, 5.41) is 22.1. The molecule has 4 nitrogen and oxygen atoms in total. The quantitative estimate of drug-likeness (QED) is 0.901. The van der Waals surface area contributed by atoms with E-state index in [4.69, 9.17) is 10.00 Å². The van der Waals surface area contributed by atoms with Crippen molar-refractivity contribution < 1.29 is 14.2 Å². The van der Waals surface area contributed by atoms with Crippen LogP contribution < -0.4 is 10.1 Å². The minimum atomic E-state index is -0.464. The van der Waals surface area contributed by atoms with Gasteiger partial charge in [-0.1, -0.05) is 0 Å². The lowest BCUT2D eigenvalue weighted by molar-refractivity contribution is 0.410. The Bertz CT molecular complexity index is 695. The van der Waals surface area contributed by atoms with Crippen LogP contribution in [0.5, 0.6) is 11.5 Å². The molecule has 0 amide bonds. The van der Waals surface area contributed by atoms with Crippen molar-refractivity contribution in [1.82, 2.24) is 0 Å². The topological polar surface area (TPSA) is 65.3 Å². The van der Waals surface area contributed by atoms with E-state index in [1.165, 1.54) is 18.2 Å². The van der Waals surface area contributed by atoms with Crippen molar-refractivity contribution in [1.29, 1.82) is 5.26 Å². The van der Waals surface area contributed by atoms with Gasteiger partial charge in [-0.15, -0.1) is 0 Å². The van der Waals surface area contributed by atoms with E-state index in [9.17, 15) is 9.50 Å². The first-order chi connectivity index (χ1) is 10.0. The maximum atomic E-state index is 13.1. The number of ether oxygens (including phenoxy) is 1. The average Bonchev–Trinajstić information content (AvgIpc) is 2.49. The van der Waals surface area contributed by atoms with Gasteiger partial charge in [0.1, 0.15) is 23.4 Å². The van der Waals surface area contributed by atoms with Crippen LogP contribution in [0, 0.1) is 17.1 Å². The standard InChI is InChI=1S/C16H15FN2O2/c1-10(14-8-13(21-2)4-6-16(14)20)19-15-5-3-12(17)7-11(15)9-18/h3-8,10,19-20H,1-2H3. The van der Waals surface area contributed by atoms with Crippen LogP contribution in [-0.4, -0.2) is 12.2 Å². The molecule has 2 N–H and O–H groups in total. The summed E-state index contributed by atoms with van der Waals surface area (Å²) in [6.07, 6.45) is 0. The zero-order chi connectivity index (χ0) is 15.4. The fraction of sp³-hybridized carbons (Fsp3) is 0.188. The van der Waals surface area contributed by atoms with Gasteiger partial charge in [0.25, 0.3) is 0 Å². The molecular formula is C16H15FN2O2. The van der Waals surface area contributed by atoms with Crippen LogP contribution in [0.15, 0.2) is 36.4 Å². The second-order valence-electron chi connectivity index (χ2n) is 4.59. The van der Waals surface area contributed by atoms with E-state index in [-0.39, 0.29) is 17.4 Å². The summed E-state index contributed by atoms with van der Waals surface area (Å²) in [6, 6.07) is 10.5. The highest BCUT2D eigenvalue weighted by molar-refractivity contribution is 5.59. The van der Waals surface area contributed by atoms with Crippen LogP contribution in [0.1, 0.15) is 24.1 Å². The lowest BCUT2D eigenvalue weighted by Gasteiger charge is -2.18. The van der Waals surface area contributed by atoms with Crippen LogP contribution in [-0.2, 0) is 0 Å². The van der Waals surface area contributed by atoms with Crippen molar-refractivity contribution >= 4 is 5.69 Å². The van der Waals surface area contributed by atoms with E-state index < -0.39 is 5.82 Å². The highest BCUT2D eigenvalue weighted by Crippen LogP contribution is 2.31. The zero-order valence-electron chi connectivity index (χ0n) is 11.7. The maximum Gasteiger partial charge on any atom is 0.124 e. The molecule has 0 aliphatic carbocycles. The molecule has 21 heavy (non-hydrogen) atoms. The summed E-state index contributed by atoms with van der Waals surface area (Å²) in [6.45, 7) is 1.83. The molecule has 0 aliphatic heterocycles. The van der Waals surface area contributed by atoms with Gasteiger partial charge in [0, 0.05) is 5.56 Å². The van der Waals surface area contributed by atoms with E-state index in [0.29, 0.717) is 17.0 Å². The largest absolute Gasteiger partial charge is 0.508 e. The lowest BCUT2D eigenvalue weighted by Crippen LogP contribution is -2.08. The van der Waals surface area contributed by atoms with Crippen LogP contribution in [0.25, 0.3) is 0 Å². The summed E-state index contributed by atoms with van der Waals surface area (Å²) in [7, 11) is 1.54. The molecular weight excluding hydrogens is 271 g/mol. The predicted octanol–water partition coefficient (Wildman–Crippen LogP) is 3.58. The first kappa shape index (κ1) is 14.7. The summed E-state index contributed by atoms with van der Waals surface area (Å²) in [5.74, 6) is 0.279. The van der Waals surface area contributed by atoms with Crippen LogP contribution >= 0.6 is 0 Å². The van der Waals surface area contributed by atoms with Crippen LogP contribution in [0.4, 0.5) is 10.1 Å². The highest BCUT2D eigenvalue weighted by Gasteiger charge is 2.13. The number of aromatic hydroxyl groups is 1. The molecule has 0 saturated heterocycles. The van der Waals surface area contributed by atoms with E-state index in [1.807, 2.05) is 13.0 Å². The number of anilines is 1. The molecule has 0 bridgehead atoms. The number of nitrogens with one attached hydrogen (secondary N) is 1. The molecule has 0 aromatic heterocycles. The van der Waals surface area contributed by atoms with Gasteiger partial charge in [0.2, 0.25) is 0 Å². The van der Waals surface area contributed by atoms with Gasteiger partial charge in [-0.25, -0.2) is 4.39 Å². The van der Waals surface area contributed by atoms with Gasteiger partial charge in [0.15, 0.2) is 0 Å².